The second-order valence-electron chi connectivity index (χ2n) is 5.75. The molecule has 0 spiro atoms. The molecule has 0 aromatic carbocycles. The zero-order valence-electron chi connectivity index (χ0n) is 11.7. The third-order valence-corrected chi connectivity index (χ3v) is 3.62. The molecule has 1 heterocycles. The van der Waals surface area contributed by atoms with E-state index in [-0.39, 0.29) is 0 Å². The molecular formula is C14H28N2O. The monoisotopic (exact) mass is 240 g/mol. The maximum Gasteiger partial charge on any atom is 0.222 e. The van der Waals surface area contributed by atoms with E-state index in [4.69, 9.17) is 0 Å². The number of piperidine rings is 1. The van der Waals surface area contributed by atoms with Crippen molar-refractivity contribution < 1.29 is 4.79 Å². The molecule has 17 heavy (non-hydrogen) atoms. The van der Waals surface area contributed by atoms with Crippen molar-refractivity contribution in [3.8, 4) is 0 Å². The van der Waals surface area contributed by atoms with Gasteiger partial charge in [-0.2, -0.15) is 0 Å². The molecule has 1 aliphatic rings. The van der Waals surface area contributed by atoms with Gasteiger partial charge in [-0.15, -0.1) is 0 Å². The standard InChI is InChI=1S/C14H28N2O/c1-12(2)5-4-10-16(3)14(17)11-13-6-8-15-9-7-13/h12-13,15H,4-11H2,1-3H3. The summed E-state index contributed by atoms with van der Waals surface area (Å²) in [7, 11) is 1.95. The first-order valence-corrected chi connectivity index (χ1v) is 7.04. The second kappa shape index (κ2) is 7.70. The molecule has 100 valence electrons. The van der Waals surface area contributed by atoms with E-state index >= 15 is 0 Å². The number of hydrogen-bond acceptors (Lipinski definition) is 2. The summed E-state index contributed by atoms with van der Waals surface area (Å²) in [6.45, 7) is 7.54. The van der Waals surface area contributed by atoms with Gasteiger partial charge in [0.05, 0.1) is 0 Å². The first-order chi connectivity index (χ1) is 8.09. The Labute approximate surface area is 106 Å². The Morgan fingerprint density at radius 3 is 2.59 bits per heavy atom. The van der Waals surface area contributed by atoms with Gasteiger partial charge < -0.3 is 10.2 Å². The quantitative estimate of drug-likeness (QED) is 0.772. The molecule has 0 radical (unpaired) electrons. The van der Waals surface area contributed by atoms with Crippen molar-refractivity contribution in [3.05, 3.63) is 0 Å². The first-order valence-electron chi connectivity index (χ1n) is 7.04. The minimum Gasteiger partial charge on any atom is -0.346 e. The van der Waals surface area contributed by atoms with E-state index in [1.54, 1.807) is 0 Å². The van der Waals surface area contributed by atoms with Crippen molar-refractivity contribution in [2.75, 3.05) is 26.7 Å². The van der Waals surface area contributed by atoms with Crippen molar-refractivity contribution in [2.45, 2.75) is 46.0 Å². The van der Waals surface area contributed by atoms with Crippen molar-refractivity contribution in [2.24, 2.45) is 11.8 Å². The van der Waals surface area contributed by atoms with Gasteiger partial charge in [0.1, 0.15) is 0 Å². The number of amides is 1. The highest BCUT2D eigenvalue weighted by Gasteiger charge is 2.18. The Bertz CT molecular complexity index is 222. The van der Waals surface area contributed by atoms with E-state index in [0.717, 1.165) is 51.2 Å². The Balaban J connectivity index is 2.16. The normalized spacial score (nSPS) is 17.4. The van der Waals surface area contributed by atoms with E-state index in [0.29, 0.717) is 11.8 Å². The zero-order chi connectivity index (χ0) is 12.7. The van der Waals surface area contributed by atoms with Crippen LogP contribution in [-0.4, -0.2) is 37.5 Å². The smallest absolute Gasteiger partial charge is 0.222 e. The van der Waals surface area contributed by atoms with Gasteiger partial charge in [0.2, 0.25) is 5.91 Å². The highest BCUT2D eigenvalue weighted by Crippen LogP contribution is 2.17. The molecule has 3 nitrogen and oxygen atoms in total. The third-order valence-electron chi connectivity index (χ3n) is 3.62. The summed E-state index contributed by atoms with van der Waals surface area (Å²) in [5.41, 5.74) is 0. The number of carbonyl (C=O) groups excluding carboxylic acids is 1. The molecule has 0 atom stereocenters. The van der Waals surface area contributed by atoms with E-state index in [1.807, 2.05) is 11.9 Å². The Hall–Kier alpha value is -0.570. The van der Waals surface area contributed by atoms with Crippen LogP contribution in [0.4, 0.5) is 0 Å². The molecule has 1 aliphatic heterocycles. The fourth-order valence-electron chi connectivity index (χ4n) is 2.35. The van der Waals surface area contributed by atoms with Crippen LogP contribution in [0.3, 0.4) is 0 Å². The molecule has 0 aromatic rings. The topological polar surface area (TPSA) is 32.3 Å². The summed E-state index contributed by atoms with van der Waals surface area (Å²) in [5, 5.41) is 3.34. The number of hydrogen-bond donors (Lipinski definition) is 1. The van der Waals surface area contributed by atoms with Crippen LogP contribution < -0.4 is 5.32 Å². The lowest BCUT2D eigenvalue weighted by Crippen LogP contribution is -2.33. The van der Waals surface area contributed by atoms with Gasteiger partial charge in [-0.3, -0.25) is 4.79 Å². The van der Waals surface area contributed by atoms with Crippen LogP contribution in [0.5, 0.6) is 0 Å². The highest BCUT2D eigenvalue weighted by atomic mass is 16.2. The summed E-state index contributed by atoms with van der Waals surface area (Å²) >= 11 is 0. The molecular weight excluding hydrogens is 212 g/mol. The van der Waals surface area contributed by atoms with Crippen molar-refractivity contribution in [1.29, 1.82) is 0 Å². The zero-order valence-corrected chi connectivity index (χ0v) is 11.7. The van der Waals surface area contributed by atoms with Crippen molar-refractivity contribution in [1.82, 2.24) is 10.2 Å². The largest absolute Gasteiger partial charge is 0.346 e. The molecule has 3 heteroatoms. The molecule has 0 unspecified atom stereocenters. The van der Waals surface area contributed by atoms with Gasteiger partial charge in [-0.25, -0.2) is 0 Å². The average molecular weight is 240 g/mol. The van der Waals surface area contributed by atoms with E-state index in [1.165, 1.54) is 6.42 Å². The van der Waals surface area contributed by atoms with Crippen LogP contribution in [0.25, 0.3) is 0 Å². The van der Waals surface area contributed by atoms with Crippen LogP contribution >= 0.6 is 0 Å². The molecule has 0 aromatic heterocycles. The SMILES string of the molecule is CC(C)CCCN(C)C(=O)CC1CCNCC1. The van der Waals surface area contributed by atoms with Crippen molar-refractivity contribution in [3.63, 3.8) is 0 Å². The molecule has 0 bridgehead atoms. The molecule has 1 amide bonds. The lowest BCUT2D eigenvalue weighted by Gasteiger charge is -2.25. The Kier molecular flexibility index (Phi) is 6.56. The predicted molar refractivity (Wildman–Crippen MR) is 71.9 cm³/mol. The maximum atomic E-state index is 12.0. The van der Waals surface area contributed by atoms with Gasteiger partial charge in [-0.1, -0.05) is 13.8 Å². The van der Waals surface area contributed by atoms with Crippen molar-refractivity contribution >= 4 is 5.91 Å². The number of carbonyl (C=O) groups is 1. The molecule has 1 fully saturated rings. The molecule has 1 N–H and O–H groups in total. The van der Waals surface area contributed by atoms with Gasteiger partial charge >= 0.3 is 0 Å². The van der Waals surface area contributed by atoms with Crippen LogP contribution in [-0.2, 0) is 4.79 Å². The van der Waals surface area contributed by atoms with Crippen LogP contribution in [0.15, 0.2) is 0 Å². The minimum absolute atomic E-state index is 0.334. The second-order valence-corrected chi connectivity index (χ2v) is 5.75. The highest BCUT2D eigenvalue weighted by molar-refractivity contribution is 5.76. The summed E-state index contributed by atoms with van der Waals surface area (Å²) in [6.07, 6.45) is 5.41. The van der Waals surface area contributed by atoms with Gasteiger partial charge in [0.25, 0.3) is 0 Å². The van der Waals surface area contributed by atoms with E-state index in [9.17, 15) is 4.79 Å². The summed E-state index contributed by atoms with van der Waals surface area (Å²) in [4.78, 5) is 13.9. The number of rotatable bonds is 6. The number of nitrogens with one attached hydrogen (secondary N) is 1. The fraction of sp³-hybridized carbons (Fsp3) is 0.929. The first kappa shape index (κ1) is 14.5. The molecule has 0 saturated carbocycles. The molecule has 1 rings (SSSR count). The molecule has 1 saturated heterocycles. The lowest BCUT2D eigenvalue weighted by atomic mass is 9.94. The fourth-order valence-corrected chi connectivity index (χ4v) is 2.35. The molecule has 0 aliphatic carbocycles. The van der Waals surface area contributed by atoms with E-state index in [2.05, 4.69) is 19.2 Å². The van der Waals surface area contributed by atoms with Gasteiger partial charge in [0.15, 0.2) is 0 Å². The van der Waals surface area contributed by atoms with Crippen LogP contribution in [0, 0.1) is 11.8 Å². The average Bonchev–Trinajstić information content (AvgIpc) is 2.29. The van der Waals surface area contributed by atoms with Gasteiger partial charge in [-0.05, 0) is 50.6 Å². The Morgan fingerprint density at radius 2 is 2.00 bits per heavy atom. The number of nitrogens with zero attached hydrogens (tertiary/aromatic N) is 1. The minimum atomic E-state index is 0.334. The lowest BCUT2D eigenvalue weighted by molar-refractivity contribution is -0.131. The Morgan fingerprint density at radius 1 is 1.35 bits per heavy atom. The van der Waals surface area contributed by atoms with Crippen LogP contribution in [0.2, 0.25) is 0 Å². The van der Waals surface area contributed by atoms with Gasteiger partial charge in [0, 0.05) is 20.0 Å². The summed E-state index contributed by atoms with van der Waals surface area (Å²) < 4.78 is 0. The summed E-state index contributed by atoms with van der Waals surface area (Å²) in [5.74, 6) is 1.68. The third kappa shape index (κ3) is 6.06. The van der Waals surface area contributed by atoms with Crippen LogP contribution in [0.1, 0.15) is 46.0 Å². The summed E-state index contributed by atoms with van der Waals surface area (Å²) in [6, 6.07) is 0. The van der Waals surface area contributed by atoms with E-state index < -0.39 is 0 Å². The predicted octanol–water partition coefficient (Wildman–Crippen LogP) is 2.27. The maximum absolute atomic E-state index is 12.0.